The van der Waals surface area contributed by atoms with E-state index in [4.69, 9.17) is 9.72 Å². The van der Waals surface area contributed by atoms with Gasteiger partial charge in [-0.05, 0) is 133 Å². The predicted molar refractivity (Wildman–Crippen MR) is 321 cm³/mol. The van der Waals surface area contributed by atoms with Gasteiger partial charge < -0.3 is 23.9 Å². The van der Waals surface area contributed by atoms with E-state index < -0.39 is 0 Å². The quantitative estimate of drug-likeness (QED) is 0.117. The molecule has 2 aromatic heterocycles. The molecule has 0 unspecified atom stereocenters. The Kier molecular flexibility index (Phi) is 12.4. The van der Waals surface area contributed by atoms with Gasteiger partial charge in [0.25, 0.3) is 0 Å². The molecule has 5 heterocycles. The largest absolute Gasteiger partial charge is 0.509 e. The van der Waals surface area contributed by atoms with Gasteiger partial charge in [0, 0.05) is 67.4 Å². The van der Waals surface area contributed by atoms with Crippen LogP contribution in [0.5, 0.6) is 11.5 Å². The van der Waals surface area contributed by atoms with Gasteiger partial charge >= 0.3 is 6.85 Å². The van der Waals surface area contributed by atoms with Crippen LogP contribution in [0.25, 0.3) is 38.8 Å². The maximum atomic E-state index is 6.78. The van der Waals surface area contributed by atoms with Gasteiger partial charge in [-0.25, -0.2) is 4.98 Å². The molecule has 0 bridgehead atoms. The van der Waals surface area contributed by atoms with Gasteiger partial charge in [-0.2, -0.15) is 12.1 Å². The monoisotopic (exact) mass is 1200 g/mol. The van der Waals surface area contributed by atoms with Crippen LogP contribution in [0.1, 0.15) is 141 Å². The second kappa shape index (κ2) is 18.7. The third-order valence-corrected chi connectivity index (χ3v) is 17.9. The fourth-order valence-electron chi connectivity index (χ4n) is 12.9. The topological polar surface area (TPSA) is 36.8 Å². The van der Waals surface area contributed by atoms with Crippen LogP contribution in [-0.4, -0.2) is 21.2 Å². The molecule has 396 valence electrons. The molecule has 8 heteroatoms. The van der Waals surface area contributed by atoms with Gasteiger partial charge in [-0.1, -0.05) is 173 Å². The number of para-hydroxylation sites is 3. The summed E-state index contributed by atoms with van der Waals surface area (Å²) in [7, 11) is 0. The molecule has 0 amide bonds. The third kappa shape index (κ3) is 8.71. The van der Waals surface area contributed by atoms with E-state index in [0.717, 1.165) is 56.9 Å². The Hall–Kier alpha value is -6.82. The number of fused-ring (bicyclic) bond motifs is 7. The molecule has 8 aromatic rings. The number of ether oxygens (including phenoxy) is 1. The first-order valence-electron chi connectivity index (χ1n) is 27.8. The molecule has 0 spiro atoms. The van der Waals surface area contributed by atoms with Gasteiger partial charge in [0.1, 0.15) is 5.82 Å². The van der Waals surface area contributed by atoms with Crippen LogP contribution in [0, 0.1) is 18.8 Å². The Morgan fingerprint density at radius 1 is 0.590 bits per heavy atom. The zero-order valence-corrected chi connectivity index (χ0v) is 49.3. The van der Waals surface area contributed by atoms with Crippen molar-refractivity contribution in [3.05, 3.63) is 227 Å². The molecule has 6 aromatic carbocycles. The van der Waals surface area contributed by atoms with Crippen molar-refractivity contribution in [2.24, 2.45) is 0 Å². The van der Waals surface area contributed by atoms with E-state index in [1.54, 1.807) is 0 Å². The van der Waals surface area contributed by atoms with E-state index in [-0.39, 0.29) is 55.0 Å². The first kappa shape index (κ1) is 51.9. The third-order valence-electron chi connectivity index (χ3n) is 17.9. The first-order valence-corrected chi connectivity index (χ1v) is 27.8. The number of hydrogen-bond acceptors (Lipinski definition) is 5. The van der Waals surface area contributed by atoms with Crippen LogP contribution in [-0.2, 0) is 48.1 Å². The summed E-state index contributed by atoms with van der Waals surface area (Å²) in [6.45, 7) is 28.3. The van der Waals surface area contributed by atoms with Gasteiger partial charge in [0.15, 0.2) is 0 Å². The summed E-state index contributed by atoms with van der Waals surface area (Å²) in [5.74, 6) is 7.91. The van der Waals surface area contributed by atoms with Crippen LogP contribution in [0.3, 0.4) is 0 Å². The average Bonchev–Trinajstić information content (AvgIpc) is 4.17. The minimum absolute atomic E-state index is 0. The maximum absolute atomic E-state index is 6.78. The normalized spacial score (nSPS) is 18.6. The molecule has 3 aliphatic heterocycles. The number of pyridine rings is 1. The Labute approximate surface area is 477 Å². The summed E-state index contributed by atoms with van der Waals surface area (Å²) < 4.78 is 8.99. The van der Waals surface area contributed by atoms with Crippen molar-refractivity contribution in [2.45, 2.75) is 129 Å². The molecule has 0 fully saturated rings. The number of benzene rings is 6. The molecule has 0 radical (unpaired) electrons. The zero-order chi connectivity index (χ0) is 53.4. The fourth-order valence-corrected chi connectivity index (χ4v) is 12.9. The number of allylic oxidation sites excluding steroid dienone is 4. The maximum Gasteiger partial charge on any atom is 0.314 e. The van der Waals surface area contributed by atoms with E-state index in [2.05, 4.69) is 260 Å². The average molecular weight is 1200 g/mol. The molecule has 13 rings (SSSR count). The number of nitrogens with zero attached hydrogens (tertiary/aromatic N) is 5. The van der Waals surface area contributed by atoms with E-state index in [1.165, 1.54) is 69.4 Å². The fraction of sp³-hybridized carbons (Fsp3) is 0.286. The summed E-state index contributed by atoms with van der Waals surface area (Å²) in [6.07, 6.45) is 13.7. The van der Waals surface area contributed by atoms with Gasteiger partial charge in [-0.3, -0.25) is 0 Å². The Morgan fingerprint density at radius 2 is 1.21 bits per heavy atom. The minimum atomic E-state index is -0.0332. The number of anilines is 3. The SMILES string of the molecule is CC(C)(C)c1ccnc(-n2c3[c-]c(Oc4[c-]c(N5[CH-]N(C6=C(c7ccc8c(c7)C(C)(C)CCC8(C)C)C=CB7C=CC(c8ccc9c(c8)C(C)(C)CCC9(C)C)=CN76)c6ccccc65)ccc4)ccc3c3ccccc32)c1.[Pt]. The van der Waals surface area contributed by atoms with Crippen molar-refractivity contribution in [1.29, 1.82) is 0 Å². The van der Waals surface area contributed by atoms with E-state index in [1.807, 2.05) is 18.3 Å². The molecule has 2 aliphatic carbocycles. The van der Waals surface area contributed by atoms with E-state index >= 15 is 0 Å². The van der Waals surface area contributed by atoms with Crippen molar-refractivity contribution in [2.75, 3.05) is 9.80 Å². The van der Waals surface area contributed by atoms with Crippen LogP contribution in [0.15, 0.2) is 170 Å². The van der Waals surface area contributed by atoms with Crippen molar-refractivity contribution in [1.82, 2.24) is 14.4 Å². The summed E-state index contributed by atoms with van der Waals surface area (Å²) >= 11 is 0. The zero-order valence-electron chi connectivity index (χ0n) is 47.0. The van der Waals surface area contributed by atoms with Crippen molar-refractivity contribution >= 4 is 56.9 Å². The Balaban J connectivity index is 0.00000609. The van der Waals surface area contributed by atoms with Gasteiger partial charge in [0.05, 0.1) is 5.82 Å². The van der Waals surface area contributed by atoms with Crippen molar-refractivity contribution in [3.63, 3.8) is 0 Å². The van der Waals surface area contributed by atoms with E-state index in [9.17, 15) is 0 Å². The van der Waals surface area contributed by atoms with Crippen molar-refractivity contribution < 1.29 is 25.8 Å². The standard InChI is InChI=1S/C70H69BN5O.Pt/c1-66(2,3)49-31-38-72-64(41-49)76-60-20-13-12-19-54(60)55-26-25-52(43-63(55)76)77-51-18-16-17-50(42-51)73-45-74(62-22-15-14-21-61(62)73)65-53(47-24-28-57-59(40-47)70(10,11)35-33-68(57,6)7)30-37-71-36-29-48(44-75(65)71)46-23-27-56-58(39-46)69(8,9)34-32-67(56,4)5;/h12-31,36-41,44-45H,32-35H2,1-11H3;/q-3;. The molecule has 0 N–H and O–H groups in total. The van der Waals surface area contributed by atoms with Gasteiger partial charge in [0.2, 0.25) is 0 Å². The second-order valence-electron chi connectivity index (χ2n) is 25.9. The second-order valence-corrected chi connectivity index (χ2v) is 25.9. The molecule has 78 heavy (non-hydrogen) atoms. The smallest absolute Gasteiger partial charge is 0.314 e. The summed E-state index contributed by atoms with van der Waals surface area (Å²) in [5.41, 5.74) is 17.3. The van der Waals surface area contributed by atoms with Crippen LogP contribution in [0.4, 0.5) is 17.1 Å². The summed E-state index contributed by atoms with van der Waals surface area (Å²) in [4.78, 5) is 12.1. The Morgan fingerprint density at radius 3 is 1.91 bits per heavy atom. The van der Waals surface area contributed by atoms with Crippen molar-refractivity contribution in [3.8, 4) is 17.3 Å². The molecule has 0 atom stereocenters. The molecule has 6 nitrogen and oxygen atoms in total. The molecular weight excluding hydrogens is 1130 g/mol. The summed E-state index contributed by atoms with van der Waals surface area (Å²) in [6, 6.07) is 53.8. The van der Waals surface area contributed by atoms with Gasteiger partial charge in [-0.15, -0.1) is 48.1 Å². The Bertz CT molecular complexity index is 3860. The number of aromatic nitrogens is 2. The minimum Gasteiger partial charge on any atom is -0.509 e. The first-order chi connectivity index (χ1) is 36.7. The van der Waals surface area contributed by atoms with E-state index in [0.29, 0.717) is 11.5 Å². The molecule has 5 aliphatic rings. The number of rotatable bonds is 7. The van der Waals surface area contributed by atoms with Crippen LogP contribution >= 0.6 is 0 Å². The summed E-state index contributed by atoms with van der Waals surface area (Å²) in [5, 5.41) is 2.24. The van der Waals surface area contributed by atoms with Crippen LogP contribution in [0.2, 0.25) is 0 Å². The predicted octanol–water partition coefficient (Wildman–Crippen LogP) is 17.6. The molecule has 0 saturated heterocycles. The molecule has 0 saturated carbocycles. The molecular formula is C70H69BN5OPt-3. The number of hydrogen-bond donors (Lipinski definition) is 0. The van der Waals surface area contributed by atoms with Crippen LogP contribution < -0.4 is 14.5 Å².